The predicted molar refractivity (Wildman–Crippen MR) is 316 cm³/mol. The van der Waals surface area contributed by atoms with Crippen molar-refractivity contribution in [2.75, 3.05) is 34.5 Å². The van der Waals surface area contributed by atoms with Crippen molar-refractivity contribution >= 4 is 58.7 Å². The number of rotatable bonds is 26. The lowest BCUT2D eigenvalue weighted by atomic mass is 9.92. The molecule has 3 aromatic carbocycles. The fourth-order valence-corrected chi connectivity index (χ4v) is 8.21. The Kier molecular flexibility index (Phi) is 23.8. The van der Waals surface area contributed by atoms with Gasteiger partial charge in [-0.1, -0.05) is 155 Å². The number of amides is 6. The number of nitrogens with one attached hydrogen (secondary N) is 4. The van der Waals surface area contributed by atoms with Crippen LogP contribution in [0.4, 0.5) is 23.3 Å². The number of benzene rings is 3. The molecule has 0 unspecified atom stereocenters. The Balaban J connectivity index is 1.53. The summed E-state index contributed by atoms with van der Waals surface area (Å²) in [4.78, 5) is 86.9. The number of nitrogens with zero attached hydrogens (tertiary/aromatic N) is 2. The average molecular weight is 1090 g/mol. The Labute approximate surface area is 471 Å². The number of aromatic nitrogens is 2. The van der Waals surface area contributed by atoms with Crippen molar-refractivity contribution in [2.45, 2.75) is 145 Å². The summed E-state index contributed by atoms with van der Waals surface area (Å²) in [6, 6.07) is 22.0. The number of anilines is 4. The molecule has 0 fully saturated rings. The number of hydrogen-bond donors (Lipinski definition) is 6. The largest absolute Gasteiger partial charge is 0.492 e. The van der Waals surface area contributed by atoms with Crippen LogP contribution in [0, 0.1) is 34.5 Å². The Morgan fingerprint density at radius 3 is 1.14 bits per heavy atom. The molecule has 0 aliphatic heterocycles. The number of ether oxygens (including phenoxy) is 2. The molecule has 6 amide bonds. The molecule has 2 aromatic heterocycles. The van der Waals surface area contributed by atoms with Crippen LogP contribution in [0.1, 0.15) is 209 Å². The lowest BCUT2D eigenvalue weighted by Gasteiger charge is -2.17. The maximum atomic E-state index is 13.8. The molecule has 16 heteroatoms. The van der Waals surface area contributed by atoms with Crippen LogP contribution >= 0.6 is 0 Å². The highest BCUT2D eigenvalue weighted by Gasteiger charge is 2.20. The first-order valence-corrected chi connectivity index (χ1v) is 27.6. The van der Waals surface area contributed by atoms with Crippen molar-refractivity contribution in [1.29, 1.82) is 0 Å². The fourth-order valence-electron chi connectivity index (χ4n) is 8.21. The lowest BCUT2D eigenvalue weighted by molar-refractivity contribution is -0.118. The van der Waals surface area contributed by atoms with E-state index in [1.54, 1.807) is 48.5 Å². The minimum Gasteiger partial charge on any atom is -0.492 e. The van der Waals surface area contributed by atoms with Crippen LogP contribution in [-0.2, 0) is 9.59 Å². The number of carbonyl (C=O) groups excluding carboxylic acids is 6. The normalized spacial score (nSPS) is 11.0. The SMILES string of the molecule is CCCCCCCCOc1cc(C#Cc2cc(C(N)=O)cc(C(=O)Nc3cccc(NC(=O)CC(C)(C)C)n3)c2)c(OCCCCCCCC)cc1C#Cc1cc(C(N)=O)cc(C(=O)Nc2cccc(NC(=O)CC(C)(C)C)n2)c1. The van der Waals surface area contributed by atoms with Crippen LogP contribution in [0.2, 0.25) is 0 Å². The van der Waals surface area contributed by atoms with E-state index in [1.165, 1.54) is 36.4 Å². The van der Waals surface area contributed by atoms with E-state index in [0.29, 0.717) is 47.0 Å². The van der Waals surface area contributed by atoms with Gasteiger partial charge >= 0.3 is 0 Å². The number of hydrogen-bond acceptors (Lipinski definition) is 10. The molecule has 16 nitrogen and oxygen atoms in total. The van der Waals surface area contributed by atoms with Crippen molar-refractivity contribution in [3.05, 3.63) is 129 Å². The van der Waals surface area contributed by atoms with E-state index >= 15 is 0 Å². The van der Waals surface area contributed by atoms with E-state index in [4.69, 9.17) is 20.9 Å². The summed E-state index contributed by atoms with van der Waals surface area (Å²) in [6.07, 6.45) is 13.0. The maximum absolute atomic E-state index is 13.8. The summed E-state index contributed by atoms with van der Waals surface area (Å²) < 4.78 is 13.0. The van der Waals surface area contributed by atoms with Crippen LogP contribution in [0.25, 0.3) is 0 Å². The van der Waals surface area contributed by atoms with Gasteiger partial charge in [-0.2, -0.15) is 0 Å². The summed E-state index contributed by atoms with van der Waals surface area (Å²) >= 11 is 0. The predicted octanol–water partition coefficient (Wildman–Crippen LogP) is 12.2. The van der Waals surface area contributed by atoms with Crippen molar-refractivity contribution in [3.8, 4) is 35.2 Å². The van der Waals surface area contributed by atoms with E-state index in [1.807, 2.05) is 41.5 Å². The number of primary amides is 2. The Morgan fingerprint density at radius 2 is 0.787 bits per heavy atom. The Hall–Kier alpha value is -8.50. The molecule has 80 heavy (non-hydrogen) atoms. The second-order valence-electron chi connectivity index (χ2n) is 22.2. The number of pyridine rings is 2. The van der Waals surface area contributed by atoms with Crippen molar-refractivity contribution in [1.82, 2.24) is 9.97 Å². The minimum atomic E-state index is -0.768. The van der Waals surface area contributed by atoms with Gasteiger partial charge in [-0.15, -0.1) is 0 Å². The van der Waals surface area contributed by atoms with Gasteiger partial charge in [-0.25, -0.2) is 9.97 Å². The monoisotopic (exact) mass is 1090 g/mol. The van der Waals surface area contributed by atoms with Gasteiger partial charge in [0.25, 0.3) is 11.8 Å². The molecule has 5 rings (SSSR count). The van der Waals surface area contributed by atoms with Crippen LogP contribution in [-0.4, -0.2) is 58.6 Å². The smallest absolute Gasteiger partial charge is 0.256 e. The Bertz CT molecular complexity index is 2920. The molecule has 8 N–H and O–H groups in total. The van der Waals surface area contributed by atoms with E-state index in [9.17, 15) is 28.8 Å². The molecule has 5 aromatic rings. The highest BCUT2D eigenvalue weighted by atomic mass is 16.5. The quantitative estimate of drug-likeness (QED) is 0.0226. The minimum absolute atomic E-state index is 0.0511. The van der Waals surface area contributed by atoms with Crippen LogP contribution < -0.4 is 42.2 Å². The van der Waals surface area contributed by atoms with E-state index in [2.05, 4.69) is 68.8 Å². The van der Waals surface area contributed by atoms with Crippen molar-refractivity contribution in [3.63, 3.8) is 0 Å². The summed E-state index contributed by atoms with van der Waals surface area (Å²) in [5, 5.41) is 11.0. The molecule has 0 atom stereocenters. The standard InChI is InChI=1S/C64H78N8O8/c1-9-11-13-15-17-19-31-79-51-39-46(30-28-44-34-48(60(66)76)38-50(36-44)62(78)72-56-26-22-24-54(68-56)70-58(74)42-64(6,7)8)52(80-32-20-18-16-14-12-10-2)40-45(51)29-27-43-33-47(59(65)75)37-49(35-43)61(77)71-55-25-21-23-53(67-55)69-57(73)41-63(3,4)5/h21-26,33-40H,9-20,31-32,41-42H2,1-8H3,(H2,65,75)(H2,66,76)(H2,67,69,71,73,77)(H2,68,70,72,74,78). The molecule has 0 saturated heterocycles. The van der Waals surface area contributed by atoms with Gasteiger partial charge in [-0.05, 0) is 84.3 Å². The van der Waals surface area contributed by atoms with Gasteiger partial charge < -0.3 is 42.2 Å². The van der Waals surface area contributed by atoms with Gasteiger partial charge in [0.2, 0.25) is 23.6 Å². The third-order valence-corrected chi connectivity index (χ3v) is 12.1. The topological polar surface area (TPSA) is 247 Å². The highest BCUT2D eigenvalue weighted by Crippen LogP contribution is 2.30. The number of carbonyl (C=O) groups is 6. The van der Waals surface area contributed by atoms with Crippen molar-refractivity contribution < 1.29 is 38.2 Å². The van der Waals surface area contributed by atoms with Crippen LogP contribution in [0.5, 0.6) is 11.5 Å². The number of nitrogens with two attached hydrogens (primary N) is 2. The highest BCUT2D eigenvalue weighted by molar-refractivity contribution is 6.07. The second-order valence-corrected chi connectivity index (χ2v) is 22.2. The molecule has 0 aliphatic rings. The zero-order valence-corrected chi connectivity index (χ0v) is 47.7. The zero-order chi connectivity index (χ0) is 58.2. The third kappa shape index (κ3) is 22.1. The third-order valence-electron chi connectivity index (χ3n) is 12.1. The molecule has 2 heterocycles. The molecule has 0 bridgehead atoms. The summed E-state index contributed by atoms with van der Waals surface area (Å²) in [7, 11) is 0. The molecule has 0 spiro atoms. The van der Waals surface area contributed by atoms with Crippen LogP contribution in [0.3, 0.4) is 0 Å². The first kappa shape index (κ1) is 62.3. The van der Waals surface area contributed by atoms with Gasteiger partial charge in [0, 0.05) is 58.4 Å². The van der Waals surface area contributed by atoms with Gasteiger partial charge in [0.15, 0.2) is 0 Å². The summed E-state index contributed by atoms with van der Waals surface area (Å²) in [5.41, 5.74) is 12.9. The van der Waals surface area contributed by atoms with Gasteiger partial charge in [0.05, 0.1) is 24.3 Å². The van der Waals surface area contributed by atoms with Crippen molar-refractivity contribution in [2.24, 2.45) is 22.3 Å². The summed E-state index contributed by atoms with van der Waals surface area (Å²) in [6.45, 7) is 16.8. The van der Waals surface area contributed by atoms with E-state index in [0.717, 1.165) is 77.0 Å². The zero-order valence-electron chi connectivity index (χ0n) is 47.7. The lowest BCUT2D eigenvalue weighted by Crippen LogP contribution is -2.21. The average Bonchev–Trinajstić information content (AvgIpc) is 3.38. The molecule has 0 radical (unpaired) electrons. The number of unbranched alkanes of at least 4 members (excludes halogenated alkanes) is 10. The van der Waals surface area contributed by atoms with Gasteiger partial charge in [0.1, 0.15) is 34.8 Å². The first-order valence-electron chi connectivity index (χ1n) is 27.6. The molecule has 0 aliphatic carbocycles. The fraction of sp³-hybridized carbons (Fsp3) is 0.406. The Morgan fingerprint density at radius 1 is 0.450 bits per heavy atom. The molecular weight excluding hydrogens is 1010 g/mol. The first-order chi connectivity index (χ1) is 38.1. The maximum Gasteiger partial charge on any atom is 0.256 e. The van der Waals surface area contributed by atoms with E-state index < -0.39 is 23.6 Å². The molecule has 0 saturated carbocycles. The molecule has 422 valence electrons. The van der Waals surface area contributed by atoms with Crippen LogP contribution in [0.15, 0.2) is 84.9 Å². The second kappa shape index (κ2) is 30.6. The molecular formula is C64H78N8O8. The van der Waals surface area contributed by atoms with Gasteiger partial charge in [-0.3, -0.25) is 28.8 Å². The summed E-state index contributed by atoms with van der Waals surface area (Å²) in [5.74, 6) is 11.2. The van der Waals surface area contributed by atoms with E-state index in [-0.39, 0.29) is 81.0 Å².